The number of morpholine rings is 1. The zero-order valence-electron chi connectivity index (χ0n) is 10.4. The van der Waals surface area contributed by atoms with E-state index in [1.54, 1.807) is 18.2 Å². The van der Waals surface area contributed by atoms with E-state index in [4.69, 9.17) is 16.3 Å². The highest BCUT2D eigenvalue weighted by Crippen LogP contribution is 2.30. The van der Waals surface area contributed by atoms with Gasteiger partial charge in [-0.05, 0) is 26.0 Å². The smallest absolute Gasteiger partial charge is 0.245 e. The lowest BCUT2D eigenvalue weighted by Crippen LogP contribution is -2.55. The van der Waals surface area contributed by atoms with Crippen LogP contribution in [-0.4, -0.2) is 38.0 Å². The van der Waals surface area contributed by atoms with Crippen LogP contribution in [0.1, 0.15) is 13.8 Å². The van der Waals surface area contributed by atoms with Crippen molar-refractivity contribution in [2.75, 3.05) is 19.8 Å². The summed E-state index contributed by atoms with van der Waals surface area (Å²) in [7, 11) is -3.58. The van der Waals surface area contributed by atoms with Gasteiger partial charge in [0.1, 0.15) is 4.90 Å². The molecule has 0 atom stereocenters. The van der Waals surface area contributed by atoms with E-state index in [2.05, 4.69) is 0 Å². The number of sulfonamides is 1. The Balaban J connectivity index is 2.46. The maximum Gasteiger partial charge on any atom is 0.245 e. The molecule has 0 amide bonds. The number of nitrogens with zero attached hydrogens (tertiary/aromatic N) is 1. The summed E-state index contributed by atoms with van der Waals surface area (Å²) in [5.41, 5.74) is -0.559. The lowest BCUT2D eigenvalue weighted by atomic mass is 10.1. The molecule has 1 aromatic carbocycles. The highest BCUT2D eigenvalue weighted by atomic mass is 35.5. The summed E-state index contributed by atoms with van der Waals surface area (Å²) in [6, 6.07) is 6.50. The Labute approximate surface area is 113 Å². The van der Waals surface area contributed by atoms with Crippen molar-refractivity contribution in [3.8, 4) is 0 Å². The van der Waals surface area contributed by atoms with Crippen molar-refractivity contribution in [3.05, 3.63) is 29.3 Å². The molecule has 1 fully saturated rings. The molecule has 2 rings (SSSR count). The van der Waals surface area contributed by atoms with Crippen LogP contribution in [0.25, 0.3) is 0 Å². The van der Waals surface area contributed by atoms with Crippen molar-refractivity contribution in [3.63, 3.8) is 0 Å². The van der Waals surface area contributed by atoms with E-state index in [1.807, 2.05) is 13.8 Å². The summed E-state index contributed by atoms with van der Waals surface area (Å²) in [4.78, 5) is 0.154. The topological polar surface area (TPSA) is 46.6 Å². The molecule has 0 aromatic heterocycles. The van der Waals surface area contributed by atoms with E-state index >= 15 is 0 Å². The molecule has 0 unspecified atom stereocenters. The van der Waals surface area contributed by atoms with Crippen LogP contribution in [0.4, 0.5) is 0 Å². The average Bonchev–Trinajstić information content (AvgIpc) is 2.28. The van der Waals surface area contributed by atoms with Gasteiger partial charge in [-0.25, -0.2) is 8.42 Å². The summed E-state index contributed by atoms with van der Waals surface area (Å²) >= 11 is 5.98. The third-order valence-corrected chi connectivity index (χ3v) is 5.58. The molecule has 4 nitrogen and oxygen atoms in total. The van der Waals surface area contributed by atoms with Crippen LogP contribution in [0.15, 0.2) is 29.2 Å². The first-order valence-corrected chi connectivity index (χ1v) is 7.53. The van der Waals surface area contributed by atoms with Crippen LogP contribution >= 0.6 is 11.6 Å². The molecule has 18 heavy (non-hydrogen) atoms. The van der Waals surface area contributed by atoms with E-state index in [0.717, 1.165) is 0 Å². The summed E-state index contributed by atoms with van der Waals surface area (Å²) in [6.07, 6.45) is 0. The summed E-state index contributed by atoms with van der Waals surface area (Å²) in [6.45, 7) is 4.84. The van der Waals surface area contributed by atoms with E-state index in [1.165, 1.54) is 10.4 Å². The molecule has 1 saturated heterocycles. The number of benzene rings is 1. The summed E-state index contributed by atoms with van der Waals surface area (Å²) < 4.78 is 32.0. The number of ether oxygens (including phenoxy) is 1. The largest absolute Gasteiger partial charge is 0.378 e. The Kier molecular flexibility index (Phi) is 3.69. The van der Waals surface area contributed by atoms with E-state index in [0.29, 0.717) is 19.8 Å². The van der Waals surface area contributed by atoms with Crippen molar-refractivity contribution in [2.24, 2.45) is 0 Å². The van der Waals surface area contributed by atoms with Gasteiger partial charge in [0.25, 0.3) is 0 Å². The van der Waals surface area contributed by atoms with Crippen LogP contribution in [0, 0.1) is 0 Å². The van der Waals surface area contributed by atoms with E-state index < -0.39 is 15.6 Å². The van der Waals surface area contributed by atoms with Gasteiger partial charge >= 0.3 is 0 Å². The number of hydrogen-bond acceptors (Lipinski definition) is 3. The van der Waals surface area contributed by atoms with Gasteiger partial charge in [-0.1, -0.05) is 23.7 Å². The molecule has 1 heterocycles. The predicted octanol–water partition coefficient (Wildman–Crippen LogP) is 2.14. The SMILES string of the molecule is CC1(C)COCCN1S(=O)(=O)c1ccccc1Cl. The monoisotopic (exact) mass is 289 g/mol. The second-order valence-electron chi connectivity index (χ2n) is 4.87. The van der Waals surface area contributed by atoms with Gasteiger partial charge in [0.2, 0.25) is 10.0 Å². The van der Waals surface area contributed by atoms with Crippen molar-refractivity contribution in [1.82, 2.24) is 4.31 Å². The Morgan fingerprint density at radius 3 is 2.61 bits per heavy atom. The van der Waals surface area contributed by atoms with Crippen LogP contribution in [0.3, 0.4) is 0 Å². The fourth-order valence-corrected chi connectivity index (χ4v) is 4.31. The second-order valence-corrected chi connectivity index (χ2v) is 7.11. The Morgan fingerprint density at radius 2 is 2.00 bits per heavy atom. The van der Waals surface area contributed by atoms with Gasteiger partial charge in [0.05, 0.1) is 23.8 Å². The minimum absolute atomic E-state index is 0.154. The molecular formula is C12H16ClNO3S. The van der Waals surface area contributed by atoms with Crippen LogP contribution in [0.5, 0.6) is 0 Å². The van der Waals surface area contributed by atoms with Crippen LogP contribution < -0.4 is 0 Å². The molecule has 0 saturated carbocycles. The quantitative estimate of drug-likeness (QED) is 0.838. The van der Waals surface area contributed by atoms with Gasteiger partial charge in [0.15, 0.2) is 0 Å². The fourth-order valence-electron chi connectivity index (χ4n) is 2.06. The minimum atomic E-state index is -3.58. The average molecular weight is 290 g/mol. The standard InChI is InChI=1S/C12H16ClNO3S/c1-12(2)9-17-8-7-14(12)18(15,16)11-6-4-3-5-10(11)13/h3-6H,7-9H2,1-2H3. The molecule has 1 aliphatic heterocycles. The van der Waals surface area contributed by atoms with E-state index in [-0.39, 0.29) is 9.92 Å². The van der Waals surface area contributed by atoms with Gasteiger partial charge in [-0.2, -0.15) is 4.31 Å². The highest BCUT2D eigenvalue weighted by molar-refractivity contribution is 7.89. The molecule has 0 spiro atoms. The first-order valence-electron chi connectivity index (χ1n) is 5.71. The molecule has 0 radical (unpaired) electrons. The Morgan fingerprint density at radius 1 is 1.33 bits per heavy atom. The molecule has 6 heteroatoms. The molecule has 0 aliphatic carbocycles. The maximum absolute atomic E-state index is 12.6. The minimum Gasteiger partial charge on any atom is -0.378 e. The fraction of sp³-hybridized carbons (Fsp3) is 0.500. The third-order valence-electron chi connectivity index (χ3n) is 2.97. The third kappa shape index (κ3) is 2.40. The van der Waals surface area contributed by atoms with Crippen molar-refractivity contribution in [1.29, 1.82) is 0 Å². The molecule has 1 aliphatic rings. The van der Waals surface area contributed by atoms with Crippen molar-refractivity contribution in [2.45, 2.75) is 24.3 Å². The number of rotatable bonds is 2. The number of halogens is 1. The van der Waals surface area contributed by atoms with Crippen molar-refractivity contribution < 1.29 is 13.2 Å². The Bertz CT molecular complexity index is 542. The lowest BCUT2D eigenvalue weighted by Gasteiger charge is -2.40. The normalized spacial score (nSPS) is 20.8. The predicted molar refractivity (Wildman–Crippen MR) is 70.2 cm³/mol. The van der Waals surface area contributed by atoms with E-state index in [9.17, 15) is 8.42 Å². The zero-order chi connectivity index (χ0) is 13.4. The van der Waals surface area contributed by atoms with Gasteiger partial charge in [-0.3, -0.25) is 0 Å². The summed E-state index contributed by atoms with van der Waals surface area (Å²) in [5.74, 6) is 0. The maximum atomic E-state index is 12.6. The number of hydrogen-bond donors (Lipinski definition) is 0. The second kappa shape index (κ2) is 4.81. The first kappa shape index (κ1) is 13.8. The van der Waals surface area contributed by atoms with Crippen LogP contribution in [0.2, 0.25) is 5.02 Å². The lowest BCUT2D eigenvalue weighted by molar-refractivity contribution is -0.00770. The molecule has 0 N–H and O–H groups in total. The molecule has 0 bridgehead atoms. The van der Waals surface area contributed by atoms with Crippen molar-refractivity contribution >= 4 is 21.6 Å². The molecular weight excluding hydrogens is 274 g/mol. The zero-order valence-corrected chi connectivity index (χ0v) is 12.0. The molecule has 100 valence electrons. The highest BCUT2D eigenvalue weighted by Gasteiger charge is 2.40. The summed E-state index contributed by atoms with van der Waals surface area (Å²) in [5, 5.41) is 0.250. The van der Waals surface area contributed by atoms with Crippen LogP contribution in [-0.2, 0) is 14.8 Å². The van der Waals surface area contributed by atoms with Gasteiger partial charge < -0.3 is 4.74 Å². The Hall–Kier alpha value is -0.620. The molecule has 1 aromatic rings. The first-order chi connectivity index (χ1) is 8.36. The van der Waals surface area contributed by atoms with Gasteiger partial charge in [-0.15, -0.1) is 0 Å². The van der Waals surface area contributed by atoms with Gasteiger partial charge in [0, 0.05) is 6.54 Å².